The van der Waals surface area contributed by atoms with E-state index in [1.54, 1.807) is 7.11 Å². The first-order valence-corrected chi connectivity index (χ1v) is 10.2. The highest BCUT2D eigenvalue weighted by Gasteiger charge is 2.20. The number of hydrogen-bond donors (Lipinski definition) is 0. The lowest BCUT2D eigenvalue weighted by molar-refractivity contribution is 0.270. The Morgan fingerprint density at radius 1 is 1.15 bits per heavy atom. The molecule has 0 radical (unpaired) electrons. The van der Waals surface area contributed by atoms with Crippen LogP contribution in [0, 0.1) is 20.8 Å². The van der Waals surface area contributed by atoms with E-state index in [1.807, 2.05) is 22.9 Å². The summed E-state index contributed by atoms with van der Waals surface area (Å²) in [5.74, 6) is 1.85. The third-order valence-corrected chi connectivity index (χ3v) is 6.76. The minimum absolute atomic E-state index is 0.117. The molecule has 0 atom stereocenters. The Hall–Kier alpha value is -2.18. The van der Waals surface area contributed by atoms with Crippen molar-refractivity contribution in [2.45, 2.75) is 40.3 Å². The molecule has 1 aromatic carbocycles. The molecule has 0 unspecified atom stereocenters. The molecule has 27 heavy (non-hydrogen) atoms. The number of rotatable bonds is 3. The Morgan fingerprint density at radius 3 is 2.74 bits per heavy atom. The van der Waals surface area contributed by atoms with Crippen LogP contribution in [0.3, 0.4) is 0 Å². The molecule has 5 nitrogen and oxygen atoms in total. The lowest BCUT2D eigenvalue weighted by Crippen LogP contribution is -2.28. The van der Waals surface area contributed by atoms with Crippen molar-refractivity contribution in [3.05, 3.63) is 55.9 Å². The lowest BCUT2D eigenvalue weighted by Gasteiger charge is -2.22. The molecule has 6 heteroatoms. The second-order valence-electron chi connectivity index (χ2n) is 7.28. The van der Waals surface area contributed by atoms with E-state index in [0.717, 1.165) is 53.4 Å². The first-order valence-electron chi connectivity index (χ1n) is 9.32. The number of benzene rings is 1. The fraction of sp³-hybridized carbons (Fsp3) is 0.429. The summed E-state index contributed by atoms with van der Waals surface area (Å²) in [4.78, 5) is 20.1. The smallest absolute Gasteiger partial charge is 0.271 e. The molecule has 4 rings (SSSR count). The van der Waals surface area contributed by atoms with Crippen molar-refractivity contribution < 1.29 is 4.74 Å². The molecule has 0 saturated carbocycles. The van der Waals surface area contributed by atoms with Crippen molar-refractivity contribution >= 4 is 21.6 Å². The number of aromatic nitrogens is 2. The van der Waals surface area contributed by atoms with Crippen molar-refractivity contribution in [2.24, 2.45) is 0 Å². The van der Waals surface area contributed by atoms with Gasteiger partial charge in [-0.2, -0.15) is 0 Å². The zero-order valence-corrected chi connectivity index (χ0v) is 17.2. The van der Waals surface area contributed by atoms with Crippen LogP contribution in [0.4, 0.5) is 0 Å². The van der Waals surface area contributed by atoms with E-state index in [2.05, 4.69) is 24.8 Å². The summed E-state index contributed by atoms with van der Waals surface area (Å²) in [5.41, 5.74) is 5.89. The summed E-state index contributed by atoms with van der Waals surface area (Å²) in [5, 5.41) is 2.03. The van der Waals surface area contributed by atoms with Crippen molar-refractivity contribution in [1.29, 1.82) is 0 Å². The highest BCUT2D eigenvalue weighted by atomic mass is 32.1. The maximum Gasteiger partial charge on any atom is 0.271 e. The predicted octanol–water partition coefficient (Wildman–Crippen LogP) is 3.45. The fourth-order valence-electron chi connectivity index (χ4n) is 3.83. The summed E-state index contributed by atoms with van der Waals surface area (Å²) >= 11 is 1.51. The van der Waals surface area contributed by atoms with Crippen molar-refractivity contribution in [1.82, 2.24) is 14.5 Å². The van der Waals surface area contributed by atoms with Crippen LogP contribution in [0.2, 0.25) is 0 Å². The summed E-state index contributed by atoms with van der Waals surface area (Å²) < 4.78 is 8.09. The fourth-order valence-corrected chi connectivity index (χ4v) is 4.77. The van der Waals surface area contributed by atoms with Crippen LogP contribution in [0.25, 0.3) is 10.2 Å². The van der Waals surface area contributed by atoms with Gasteiger partial charge in [-0.05, 0) is 54.5 Å². The molecule has 0 saturated heterocycles. The van der Waals surface area contributed by atoms with Crippen LogP contribution in [-0.4, -0.2) is 34.7 Å². The molecule has 3 aromatic rings. The zero-order chi connectivity index (χ0) is 19.1. The summed E-state index contributed by atoms with van der Waals surface area (Å²) in [6.45, 7) is 9.63. The number of aryl methyl sites for hydroxylation is 1. The van der Waals surface area contributed by atoms with Gasteiger partial charge < -0.3 is 4.74 Å². The summed E-state index contributed by atoms with van der Waals surface area (Å²) in [6.07, 6.45) is 0.800. The maximum absolute atomic E-state index is 12.9. The van der Waals surface area contributed by atoms with Crippen LogP contribution in [0.5, 0.6) is 5.75 Å². The molecule has 0 aliphatic carbocycles. The summed E-state index contributed by atoms with van der Waals surface area (Å²) in [7, 11) is 1.71. The number of ether oxygens (including phenoxy) is 1. The number of methoxy groups -OCH3 is 1. The van der Waals surface area contributed by atoms with Gasteiger partial charge in [-0.15, -0.1) is 11.3 Å². The van der Waals surface area contributed by atoms with E-state index in [-0.39, 0.29) is 5.56 Å². The Balaban J connectivity index is 1.59. The molecule has 0 N–H and O–H groups in total. The largest absolute Gasteiger partial charge is 0.496 e. The average Bonchev–Trinajstić information content (AvgIpc) is 2.91. The molecule has 0 amide bonds. The molecule has 2 aromatic heterocycles. The normalized spacial score (nSPS) is 15.0. The quantitative estimate of drug-likeness (QED) is 0.695. The molecule has 1 aliphatic rings. The molecule has 0 bridgehead atoms. The second kappa shape index (κ2) is 7.09. The van der Waals surface area contributed by atoms with Gasteiger partial charge in [0.2, 0.25) is 0 Å². The van der Waals surface area contributed by atoms with Gasteiger partial charge >= 0.3 is 0 Å². The lowest BCUT2D eigenvalue weighted by atomic mass is 10.0. The Kier molecular flexibility index (Phi) is 4.78. The zero-order valence-electron chi connectivity index (χ0n) is 16.3. The SMILES string of the molecule is COc1ccc(CN2CCc3nc4c(C)csc4c(=O)n3CC2)c(C)c1C. The van der Waals surface area contributed by atoms with E-state index < -0.39 is 0 Å². The highest BCUT2D eigenvalue weighted by Crippen LogP contribution is 2.25. The van der Waals surface area contributed by atoms with Gasteiger partial charge in [0.15, 0.2) is 0 Å². The van der Waals surface area contributed by atoms with E-state index in [9.17, 15) is 4.79 Å². The first kappa shape index (κ1) is 18.2. The van der Waals surface area contributed by atoms with E-state index in [1.165, 1.54) is 28.0 Å². The highest BCUT2D eigenvalue weighted by molar-refractivity contribution is 7.17. The minimum Gasteiger partial charge on any atom is -0.496 e. The number of hydrogen-bond acceptors (Lipinski definition) is 5. The van der Waals surface area contributed by atoms with Crippen LogP contribution in [0.15, 0.2) is 22.3 Å². The minimum atomic E-state index is 0.117. The summed E-state index contributed by atoms with van der Waals surface area (Å²) in [6, 6.07) is 4.20. The Labute approximate surface area is 163 Å². The topological polar surface area (TPSA) is 47.4 Å². The molecule has 1 aliphatic heterocycles. The van der Waals surface area contributed by atoms with Gasteiger partial charge in [-0.3, -0.25) is 14.3 Å². The number of fused-ring (bicyclic) bond motifs is 2. The molecule has 142 valence electrons. The maximum atomic E-state index is 12.9. The van der Waals surface area contributed by atoms with Gasteiger partial charge in [-0.1, -0.05) is 6.07 Å². The Bertz CT molecular complexity index is 1070. The third-order valence-electron chi connectivity index (χ3n) is 5.69. The monoisotopic (exact) mass is 383 g/mol. The van der Waals surface area contributed by atoms with Crippen molar-refractivity contribution in [2.75, 3.05) is 20.2 Å². The van der Waals surface area contributed by atoms with E-state index in [0.29, 0.717) is 6.54 Å². The van der Waals surface area contributed by atoms with Gasteiger partial charge in [0.25, 0.3) is 5.56 Å². The van der Waals surface area contributed by atoms with Crippen LogP contribution < -0.4 is 10.3 Å². The van der Waals surface area contributed by atoms with E-state index >= 15 is 0 Å². The predicted molar refractivity (Wildman–Crippen MR) is 110 cm³/mol. The van der Waals surface area contributed by atoms with Gasteiger partial charge in [0.1, 0.15) is 16.3 Å². The van der Waals surface area contributed by atoms with Crippen LogP contribution in [0.1, 0.15) is 28.1 Å². The third kappa shape index (κ3) is 3.17. The van der Waals surface area contributed by atoms with Gasteiger partial charge in [-0.25, -0.2) is 4.98 Å². The molecular weight excluding hydrogens is 358 g/mol. The Morgan fingerprint density at radius 2 is 1.96 bits per heavy atom. The molecule has 3 heterocycles. The van der Waals surface area contributed by atoms with Gasteiger partial charge in [0, 0.05) is 32.6 Å². The second-order valence-corrected chi connectivity index (χ2v) is 8.16. The molecule has 0 fully saturated rings. The first-order chi connectivity index (χ1) is 13.0. The molecular formula is C21H25N3O2S. The van der Waals surface area contributed by atoms with Crippen molar-refractivity contribution in [3.63, 3.8) is 0 Å². The van der Waals surface area contributed by atoms with Crippen molar-refractivity contribution in [3.8, 4) is 5.75 Å². The number of nitrogens with zero attached hydrogens (tertiary/aromatic N) is 3. The standard InChI is InChI=1S/C21H25N3O2S/c1-13-12-27-20-19(13)22-18-7-8-23(9-10-24(18)21(20)25)11-16-5-6-17(26-4)15(3)14(16)2/h5-6,12H,7-11H2,1-4H3. The van der Waals surface area contributed by atoms with Crippen LogP contribution in [-0.2, 0) is 19.5 Å². The average molecular weight is 384 g/mol. The number of thiophene rings is 1. The van der Waals surface area contributed by atoms with Gasteiger partial charge in [0.05, 0.1) is 12.6 Å². The molecule has 0 spiro atoms. The van der Waals surface area contributed by atoms with E-state index in [4.69, 9.17) is 9.72 Å². The van der Waals surface area contributed by atoms with Crippen LogP contribution >= 0.6 is 11.3 Å².